The molecule has 7 heteroatoms. The lowest BCUT2D eigenvalue weighted by molar-refractivity contribution is 0.400. The van der Waals surface area contributed by atoms with Crippen molar-refractivity contribution >= 4 is 10.1 Å². The predicted molar refractivity (Wildman–Crippen MR) is 46.2 cm³/mol. The predicted octanol–water partition coefficient (Wildman–Crippen LogP) is 0.568. The van der Waals surface area contributed by atoms with E-state index in [9.17, 15) is 12.8 Å². The summed E-state index contributed by atoms with van der Waals surface area (Å²) in [5.74, 6) is -1.30. The van der Waals surface area contributed by atoms with Gasteiger partial charge < -0.3 is 8.92 Å². The van der Waals surface area contributed by atoms with Crippen molar-refractivity contribution in [2.45, 2.75) is 0 Å². The Morgan fingerprint density at radius 2 is 2.14 bits per heavy atom. The molecule has 1 rings (SSSR count). The molecule has 5 nitrogen and oxygen atoms in total. The molecule has 0 aliphatic carbocycles. The lowest BCUT2D eigenvalue weighted by atomic mass is 10.4. The molecule has 14 heavy (non-hydrogen) atoms. The summed E-state index contributed by atoms with van der Waals surface area (Å²) in [7, 11) is -2.42. The van der Waals surface area contributed by atoms with Crippen LogP contribution < -0.4 is 8.92 Å². The van der Waals surface area contributed by atoms with Gasteiger partial charge in [0.25, 0.3) is 5.88 Å². The van der Waals surface area contributed by atoms with Gasteiger partial charge in [-0.15, -0.1) is 0 Å². The van der Waals surface area contributed by atoms with Gasteiger partial charge >= 0.3 is 10.1 Å². The highest BCUT2D eigenvalue weighted by Gasteiger charge is 2.12. The smallest absolute Gasteiger partial charge is 0.307 e. The fraction of sp³-hybridized carbons (Fsp3) is 0.286. The molecule has 1 aromatic rings. The van der Waals surface area contributed by atoms with Crippen LogP contribution in [0, 0.1) is 5.82 Å². The second kappa shape index (κ2) is 3.79. The number of nitrogens with zero attached hydrogens (tertiary/aromatic N) is 1. The number of pyridine rings is 1. The van der Waals surface area contributed by atoms with Crippen LogP contribution in [0.15, 0.2) is 12.3 Å². The van der Waals surface area contributed by atoms with Crippen molar-refractivity contribution in [3.63, 3.8) is 0 Å². The molecule has 1 heterocycles. The summed E-state index contributed by atoms with van der Waals surface area (Å²) in [5.41, 5.74) is 0. The molecule has 0 spiro atoms. The van der Waals surface area contributed by atoms with E-state index >= 15 is 0 Å². The number of halogens is 1. The number of rotatable bonds is 3. The number of methoxy groups -OCH3 is 1. The normalized spacial score (nSPS) is 11.1. The lowest BCUT2D eigenvalue weighted by Crippen LogP contribution is -2.08. The summed E-state index contributed by atoms with van der Waals surface area (Å²) in [5, 5.41) is 0. The van der Waals surface area contributed by atoms with E-state index in [0.717, 1.165) is 18.5 Å². The molecule has 78 valence electrons. The van der Waals surface area contributed by atoms with E-state index in [-0.39, 0.29) is 5.75 Å². The standard InChI is InChI=1S/C7H8FNO4S/c1-12-5-3-6(8)7(9-4-5)13-14(2,10)11/h3-4H,1-2H3. The minimum atomic E-state index is -3.76. The number of ether oxygens (including phenoxy) is 1. The van der Waals surface area contributed by atoms with Crippen molar-refractivity contribution < 1.29 is 21.7 Å². The molecular formula is C7H8FNO4S. The van der Waals surface area contributed by atoms with Gasteiger partial charge in [0.05, 0.1) is 19.6 Å². The van der Waals surface area contributed by atoms with E-state index in [2.05, 4.69) is 13.9 Å². The van der Waals surface area contributed by atoms with Crippen LogP contribution in [0.2, 0.25) is 0 Å². The van der Waals surface area contributed by atoms with E-state index in [1.54, 1.807) is 0 Å². The van der Waals surface area contributed by atoms with Crippen LogP contribution in [-0.2, 0) is 10.1 Å². The largest absolute Gasteiger partial charge is 0.495 e. The zero-order valence-corrected chi connectivity index (χ0v) is 8.34. The molecule has 0 amide bonds. The van der Waals surface area contributed by atoms with Gasteiger partial charge in [-0.2, -0.15) is 8.42 Å². The van der Waals surface area contributed by atoms with E-state index in [1.165, 1.54) is 7.11 Å². The van der Waals surface area contributed by atoms with Gasteiger partial charge in [-0.3, -0.25) is 0 Å². The maximum absolute atomic E-state index is 13.0. The van der Waals surface area contributed by atoms with E-state index in [0.29, 0.717) is 0 Å². The van der Waals surface area contributed by atoms with Gasteiger partial charge in [-0.05, 0) is 0 Å². The van der Waals surface area contributed by atoms with Gasteiger partial charge in [-0.25, -0.2) is 9.37 Å². The maximum Gasteiger partial charge on any atom is 0.307 e. The Balaban J connectivity index is 3.01. The van der Waals surface area contributed by atoms with Gasteiger partial charge in [0.15, 0.2) is 5.82 Å². The molecular weight excluding hydrogens is 213 g/mol. The third-order valence-electron chi connectivity index (χ3n) is 1.25. The molecule has 0 unspecified atom stereocenters. The highest BCUT2D eigenvalue weighted by molar-refractivity contribution is 7.86. The Hall–Kier alpha value is -1.37. The topological polar surface area (TPSA) is 65.5 Å². The molecule has 0 saturated heterocycles. The first-order chi connectivity index (χ1) is 6.42. The summed E-state index contributed by atoms with van der Waals surface area (Å²) in [4.78, 5) is 3.43. The zero-order valence-electron chi connectivity index (χ0n) is 7.52. The zero-order chi connectivity index (χ0) is 10.8. The minimum Gasteiger partial charge on any atom is -0.495 e. The quantitative estimate of drug-likeness (QED) is 0.698. The van der Waals surface area contributed by atoms with Gasteiger partial charge in [0, 0.05) is 6.07 Å². The molecule has 0 aromatic carbocycles. The second-order valence-electron chi connectivity index (χ2n) is 2.45. The van der Waals surface area contributed by atoms with Gasteiger partial charge in [0.1, 0.15) is 5.75 Å². The highest BCUT2D eigenvalue weighted by Crippen LogP contribution is 2.19. The van der Waals surface area contributed by atoms with Crippen LogP contribution in [0.4, 0.5) is 4.39 Å². The molecule has 0 atom stereocenters. The highest BCUT2D eigenvalue weighted by atomic mass is 32.2. The molecule has 0 bridgehead atoms. The van der Waals surface area contributed by atoms with Crippen molar-refractivity contribution in [1.29, 1.82) is 0 Å². The SMILES string of the molecule is COc1cnc(OS(C)(=O)=O)c(F)c1. The second-order valence-corrected chi connectivity index (χ2v) is 4.02. The molecule has 0 aliphatic rings. The first-order valence-electron chi connectivity index (χ1n) is 3.51. The Labute approximate surface area is 80.6 Å². The van der Waals surface area contributed by atoms with Gasteiger partial charge in [-0.1, -0.05) is 0 Å². The van der Waals surface area contributed by atoms with Gasteiger partial charge in [0.2, 0.25) is 0 Å². The fourth-order valence-corrected chi connectivity index (χ4v) is 1.13. The Morgan fingerprint density at radius 1 is 1.50 bits per heavy atom. The molecule has 0 aliphatic heterocycles. The summed E-state index contributed by atoms with van der Waals surface area (Å²) in [6.07, 6.45) is 1.96. The molecule has 0 N–H and O–H groups in total. The number of hydrogen-bond acceptors (Lipinski definition) is 5. The number of hydrogen-bond donors (Lipinski definition) is 0. The summed E-state index contributed by atoms with van der Waals surface area (Å²) in [6, 6.07) is 0.980. The van der Waals surface area contributed by atoms with E-state index < -0.39 is 21.8 Å². The van der Waals surface area contributed by atoms with Crippen LogP contribution in [0.1, 0.15) is 0 Å². The molecule has 1 aromatic heterocycles. The summed E-state index contributed by atoms with van der Waals surface area (Å²) in [6.45, 7) is 0. The first kappa shape index (κ1) is 10.7. The van der Waals surface area contributed by atoms with Crippen molar-refractivity contribution in [2.24, 2.45) is 0 Å². The van der Waals surface area contributed by atoms with Crippen LogP contribution in [-0.4, -0.2) is 26.8 Å². The van der Waals surface area contributed by atoms with Crippen molar-refractivity contribution in [2.75, 3.05) is 13.4 Å². The van der Waals surface area contributed by atoms with Crippen molar-refractivity contribution in [1.82, 2.24) is 4.98 Å². The number of aromatic nitrogens is 1. The fourth-order valence-electron chi connectivity index (χ4n) is 0.724. The monoisotopic (exact) mass is 221 g/mol. The Bertz CT molecular complexity index is 431. The van der Waals surface area contributed by atoms with E-state index in [4.69, 9.17) is 0 Å². The van der Waals surface area contributed by atoms with Crippen LogP contribution in [0.5, 0.6) is 11.6 Å². The average Bonchev–Trinajstić information content (AvgIpc) is 2.06. The van der Waals surface area contributed by atoms with Crippen LogP contribution in [0.25, 0.3) is 0 Å². The molecule has 0 fully saturated rings. The van der Waals surface area contributed by atoms with Crippen LogP contribution in [0.3, 0.4) is 0 Å². The molecule has 0 saturated carbocycles. The third-order valence-corrected chi connectivity index (χ3v) is 1.71. The summed E-state index contributed by atoms with van der Waals surface area (Å²) < 4.78 is 43.3. The average molecular weight is 221 g/mol. The Kier molecular flexibility index (Phi) is 2.90. The van der Waals surface area contributed by atoms with Crippen LogP contribution >= 0.6 is 0 Å². The third kappa shape index (κ3) is 2.84. The minimum absolute atomic E-state index is 0.184. The summed E-state index contributed by atoms with van der Waals surface area (Å²) >= 11 is 0. The van der Waals surface area contributed by atoms with Crippen molar-refractivity contribution in [3.05, 3.63) is 18.1 Å². The van der Waals surface area contributed by atoms with E-state index in [1.807, 2.05) is 0 Å². The molecule has 0 radical (unpaired) electrons. The van der Waals surface area contributed by atoms with Crippen molar-refractivity contribution in [3.8, 4) is 11.6 Å². The maximum atomic E-state index is 13.0. The Morgan fingerprint density at radius 3 is 2.57 bits per heavy atom. The lowest BCUT2D eigenvalue weighted by Gasteiger charge is -2.04. The first-order valence-corrected chi connectivity index (χ1v) is 5.33.